The summed E-state index contributed by atoms with van der Waals surface area (Å²) in [6.07, 6.45) is 0.754. The minimum Gasteiger partial charge on any atom is -0.486 e. The Labute approximate surface area is 114 Å². The standard InChI is InChI=1S/C12H11ClN2O2S/c13-4-3-11-14-15-12(18-11)8-1-2-9-10(7-8)17-6-5-16-9/h1-2,7H,3-6H2. The first-order chi connectivity index (χ1) is 8.86. The van der Waals surface area contributed by atoms with Gasteiger partial charge in [-0.2, -0.15) is 0 Å². The number of rotatable bonds is 3. The van der Waals surface area contributed by atoms with E-state index in [2.05, 4.69) is 10.2 Å². The fourth-order valence-electron chi connectivity index (χ4n) is 1.73. The van der Waals surface area contributed by atoms with Gasteiger partial charge in [0.25, 0.3) is 0 Å². The van der Waals surface area contributed by atoms with Gasteiger partial charge in [0.15, 0.2) is 11.5 Å². The van der Waals surface area contributed by atoms with E-state index in [0.717, 1.165) is 33.5 Å². The molecule has 18 heavy (non-hydrogen) atoms. The fraction of sp³-hybridized carbons (Fsp3) is 0.333. The average molecular weight is 283 g/mol. The third-order valence-electron chi connectivity index (χ3n) is 2.56. The quantitative estimate of drug-likeness (QED) is 0.812. The van der Waals surface area contributed by atoms with Crippen LogP contribution in [0.4, 0.5) is 0 Å². The Balaban J connectivity index is 1.91. The molecule has 2 heterocycles. The van der Waals surface area contributed by atoms with Gasteiger partial charge >= 0.3 is 0 Å². The van der Waals surface area contributed by atoms with Crippen molar-refractivity contribution >= 4 is 22.9 Å². The Hall–Kier alpha value is -1.33. The van der Waals surface area contributed by atoms with E-state index < -0.39 is 0 Å². The highest BCUT2D eigenvalue weighted by Gasteiger charge is 2.14. The van der Waals surface area contributed by atoms with Crippen molar-refractivity contribution in [1.82, 2.24) is 10.2 Å². The highest BCUT2D eigenvalue weighted by molar-refractivity contribution is 7.14. The third-order valence-corrected chi connectivity index (χ3v) is 3.79. The molecule has 0 atom stereocenters. The van der Waals surface area contributed by atoms with Gasteiger partial charge in [-0.15, -0.1) is 21.8 Å². The Morgan fingerprint density at radius 1 is 1.17 bits per heavy atom. The molecule has 94 valence electrons. The van der Waals surface area contributed by atoms with Crippen molar-refractivity contribution in [2.75, 3.05) is 19.1 Å². The Bertz CT molecular complexity index is 559. The van der Waals surface area contributed by atoms with Crippen molar-refractivity contribution in [3.8, 4) is 22.1 Å². The summed E-state index contributed by atoms with van der Waals surface area (Å²) in [7, 11) is 0. The second-order valence-corrected chi connectivity index (χ2v) is 5.24. The summed E-state index contributed by atoms with van der Waals surface area (Å²) in [5, 5.41) is 10.1. The van der Waals surface area contributed by atoms with E-state index in [1.807, 2.05) is 18.2 Å². The van der Waals surface area contributed by atoms with Crippen LogP contribution in [0.25, 0.3) is 10.6 Å². The van der Waals surface area contributed by atoms with Gasteiger partial charge in [0.2, 0.25) is 0 Å². The van der Waals surface area contributed by atoms with Crippen molar-refractivity contribution < 1.29 is 9.47 Å². The SMILES string of the molecule is ClCCc1nnc(-c2ccc3c(c2)OCCO3)s1. The van der Waals surface area contributed by atoms with Gasteiger partial charge in [0.1, 0.15) is 23.2 Å². The van der Waals surface area contributed by atoms with Gasteiger partial charge in [-0.05, 0) is 18.2 Å². The Morgan fingerprint density at radius 3 is 2.83 bits per heavy atom. The minimum absolute atomic E-state index is 0.565. The summed E-state index contributed by atoms with van der Waals surface area (Å²) in [6, 6.07) is 5.82. The summed E-state index contributed by atoms with van der Waals surface area (Å²) >= 11 is 7.25. The zero-order valence-corrected chi connectivity index (χ0v) is 11.1. The van der Waals surface area contributed by atoms with Crippen molar-refractivity contribution in [2.24, 2.45) is 0 Å². The smallest absolute Gasteiger partial charge is 0.162 e. The molecule has 0 saturated heterocycles. The summed E-state index contributed by atoms with van der Waals surface area (Å²) in [6.45, 7) is 1.19. The normalized spacial score (nSPS) is 13.6. The van der Waals surface area contributed by atoms with Crippen molar-refractivity contribution in [1.29, 1.82) is 0 Å². The van der Waals surface area contributed by atoms with Gasteiger partial charge in [-0.25, -0.2) is 0 Å². The lowest BCUT2D eigenvalue weighted by atomic mass is 10.2. The van der Waals surface area contributed by atoms with Crippen molar-refractivity contribution in [3.05, 3.63) is 23.2 Å². The lowest BCUT2D eigenvalue weighted by Crippen LogP contribution is -2.15. The molecule has 0 aliphatic carbocycles. The first-order valence-electron chi connectivity index (χ1n) is 5.65. The summed E-state index contributed by atoms with van der Waals surface area (Å²) in [5.41, 5.74) is 0.998. The maximum atomic E-state index is 5.69. The average Bonchev–Trinajstić information content (AvgIpc) is 2.87. The van der Waals surface area contributed by atoms with Crippen LogP contribution in [0.5, 0.6) is 11.5 Å². The maximum Gasteiger partial charge on any atom is 0.162 e. The van der Waals surface area contributed by atoms with E-state index in [1.165, 1.54) is 0 Å². The van der Waals surface area contributed by atoms with Gasteiger partial charge in [-0.1, -0.05) is 11.3 Å². The zero-order chi connectivity index (χ0) is 12.4. The second kappa shape index (κ2) is 5.12. The second-order valence-electron chi connectivity index (χ2n) is 3.80. The third kappa shape index (κ3) is 2.28. The number of alkyl halides is 1. The molecule has 0 unspecified atom stereocenters. The highest BCUT2D eigenvalue weighted by atomic mass is 35.5. The molecule has 2 aromatic rings. The number of benzene rings is 1. The molecule has 3 rings (SSSR count). The van der Waals surface area contributed by atoms with Crippen molar-refractivity contribution in [3.63, 3.8) is 0 Å². The molecular formula is C12H11ClN2O2S. The van der Waals surface area contributed by atoms with E-state index in [4.69, 9.17) is 21.1 Å². The lowest BCUT2D eigenvalue weighted by molar-refractivity contribution is 0.171. The summed E-state index contributed by atoms with van der Waals surface area (Å²) in [4.78, 5) is 0. The predicted molar refractivity (Wildman–Crippen MR) is 70.8 cm³/mol. The Kier molecular flexibility index (Phi) is 3.34. The predicted octanol–water partition coefficient (Wildman–Crippen LogP) is 2.76. The number of aryl methyl sites for hydroxylation is 1. The first-order valence-corrected chi connectivity index (χ1v) is 7.00. The number of fused-ring (bicyclic) bond motifs is 1. The molecule has 0 amide bonds. The topological polar surface area (TPSA) is 44.2 Å². The number of hydrogen-bond acceptors (Lipinski definition) is 5. The molecule has 4 nitrogen and oxygen atoms in total. The summed E-state index contributed by atoms with van der Waals surface area (Å²) < 4.78 is 11.0. The van der Waals surface area contributed by atoms with Gasteiger partial charge in [-0.3, -0.25) is 0 Å². The van der Waals surface area contributed by atoms with E-state index in [-0.39, 0.29) is 0 Å². The monoisotopic (exact) mass is 282 g/mol. The molecule has 0 saturated carbocycles. The maximum absolute atomic E-state index is 5.69. The van der Waals surface area contributed by atoms with Crippen LogP contribution in [0, 0.1) is 0 Å². The largest absolute Gasteiger partial charge is 0.486 e. The van der Waals surface area contributed by atoms with Crippen molar-refractivity contribution in [2.45, 2.75) is 6.42 Å². The minimum atomic E-state index is 0.565. The van der Waals surface area contributed by atoms with Gasteiger partial charge < -0.3 is 9.47 Å². The first kappa shape index (κ1) is 11.7. The van der Waals surface area contributed by atoms with Crippen LogP contribution < -0.4 is 9.47 Å². The number of hydrogen-bond donors (Lipinski definition) is 0. The van der Waals surface area contributed by atoms with Crippen LogP contribution in [0.2, 0.25) is 0 Å². The van der Waals surface area contributed by atoms with Crippen LogP contribution in [-0.4, -0.2) is 29.3 Å². The molecule has 0 spiro atoms. The zero-order valence-electron chi connectivity index (χ0n) is 9.56. The summed E-state index contributed by atoms with van der Waals surface area (Å²) in [5.74, 6) is 2.12. The Morgan fingerprint density at radius 2 is 2.00 bits per heavy atom. The lowest BCUT2D eigenvalue weighted by Gasteiger charge is -2.18. The van der Waals surface area contributed by atoms with E-state index >= 15 is 0 Å². The number of aromatic nitrogens is 2. The van der Waals surface area contributed by atoms with Crippen LogP contribution in [-0.2, 0) is 6.42 Å². The highest BCUT2D eigenvalue weighted by Crippen LogP contribution is 2.35. The molecule has 6 heteroatoms. The molecule has 1 aromatic carbocycles. The fourth-order valence-corrected chi connectivity index (χ4v) is 2.85. The van der Waals surface area contributed by atoms with Crippen LogP contribution in [0.15, 0.2) is 18.2 Å². The molecule has 1 aromatic heterocycles. The van der Waals surface area contributed by atoms with Crippen LogP contribution in [0.1, 0.15) is 5.01 Å². The number of ether oxygens (including phenoxy) is 2. The van der Waals surface area contributed by atoms with Crippen LogP contribution in [0.3, 0.4) is 0 Å². The van der Waals surface area contributed by atoms with Gasteiger partial charge in [0, 0.05) is 17.9 Å². The van der Waals surface area contributed by atoms with Crippen LogP contribution >= 0.6 is 22.9 Å². The molecule has 0 bridgehead atoms. The van der Waals surface area contributed by atoms with Gasteiger partial charge in [0.05, 0.1) is 0 Å². The van der Waals surface area contributed by atoms with E-state index in [9.17, 15) is 0 Å². The number of nitrogens with zero attached hydrogens (tertiary/aromatic N) is 2. The van der Waals surface area contributed by atoms with E-state index in [0.29, 0.717) is 19.1 Å². The molecule has 0 N–H and O–H groups in total. The molecular weight excluding hydrogens is 272 g/mol. The number of halogens is 1. The molecule has 1 aliphatic rings. The molecule has 1 aliphatic heterocycles. The molecule has 0 radical (unpaired) electrons. The molecule has 0 fully saturated rings. The van der Waals surface area contributed by atoms with E-state index in [1.54, 1.807) is 11.3 Å².